The molecule has 7 nitrogen and oxygen atoms in total. The van der Waals surface area contributed by atoms with E-state index in [1.807, 2.05) is 13.8 Å². The number of aromatic nitrogens is 2. The van der Waals surface area contributed by atoms with E-state index < -0.39 is 17.9 Å². The Hall–Kier alpha value is -2.22. The minimum Gasteiger partial charge on any atom is -0.467 e. The smallest absolute Gasteiger partial charge is 0.328 e. The summed E-state index contributed by atoms with van der Waals surface area (Å²) in [5, 5.41) is 3.04. The van der Waals surface area contributed by atoms with Crippen molar-refractivity contribution in [3.63, 3.8) is 0 Å². The molecule has 0 aliphatic carbocycles. The second-order valence-electron chi connectivity index (χ2n) is 6.11. The van der Waals surface area contributed by atoms with Crippen LogP contribution in [-0.2, 0) is 20.9 Å². The van der Waals surface area contributed by atoms with Gasteiger partial charge in [-0.1, -0.05) is 29.8 Å². The number of hydrogen-bond donors (Lipinski definition) is 1. The van der Waals surface area contributed by atoms with Gasteiger partial charge < -0.3 is 10.1 Å². The number of nitrogens with one attached hydrogen (secondary N) is 1. The SMILES string of the molecule is COC(=O)[C@H](CC(C)C)NC(=O)Cn1cnc2ccc(Br)cc2c1=O. The molecule has 2 rings (SSSR count). The summed E-state index contributed by atoms with van der Waals surface area (Å²) in [6, 6.07) is 4.44. The van der Waals surface area contributed by atoms with Crippen LogP contribution in [-0.4, -0.2) is 34.6 Å². The van der Waals surface area contributed by atoms with Gasteiger partial charge in [-0.15, -0.1) is 0 Å². The number of amides is 1. The van der Waals surface area contributed by atoms with Gasteiger partial charge in [-0.25, -0.2) is 9.78 Å². The highest BCUT2D eigenvalue weighted by atomic mass is 79.9. The fraction of sp³-hybridized carbons (Fsp3) is 0.412. The zero-order valence-corrected chi connectivity index (χ0v) is 15.9. The van der Waals surface area contributed by atoms with Gasteiger partial charge in [0.1, 0.15) is 12.6 Å². The molecule has 0 aliphatic rings. The number of carbonyl (C=O) groups is 2. The molecule has 0 fully saturated rings. The number of fused-ring (bicyclic) bond motifs is 1. The Morgan fingerprint density at radius 3 is 2.72 bits per heavy atom. The standard InChI is InChI=1S/C17H20BrN3O4/c1-10(2)6-14(17(24)25-3)20-15(22)8-21-9-19-13-5-4-11(18)7-12(13)16(21)23/h4-5,7,9-10,14H,6,8H2,1-3H3,(H,20,22)/t14-/m0/s1. The lowest BCUT2D eigenvalue weighted by molar-refractivity contribution is -0.145. The Bertz CT molecular complexity index is 847. The number of halogens is 1. The third kappa shape index (κ3) is 4.88. The van der Waals surface area contributed by atoms with Gasteiger partial charge in [-0.2, -0.15) is 0 Å². The molecule has 1 aromatic carbocycles. The first-order valence-electron chi connectivity index (χ1n) is 7.83. The molecule has 1 atom stereocenters. The van der Waals surface area contributed by atoms with E-state index in [2.05, 4.69) is 26.2 Å². The van der Waals surface area contributed by atoms with Crippen LogP contribution in [0.25, 0.3) is 10.9 Å². The molecule has 134 valence electrons. The average molecular weight is 410 g/mol. The van der Waals surface area contributed by atoms with Crippen LogP contribution in [0, 0.1) is 5.92 Å². The topological polar surface area (TPSA) is 90.3 Å². The molecule has 1 heterocycles. The van der Waals surface area contributed by atoms with Crippen molar-refractivity contribution in [3.8, 4) is 0 Å². The van der Waals surface area contributed by atoms with E-state index in [1.165, 1.54) is 18.0 Å². The normalized spacial score (nSPS) is 12.2. The fourth-order valence-electron chi connectivity index (χ4n) is 2.47. The quantitative estimate of drug-likeness (QED) is 0.735. The van der Waals surface area contributed by atoms with E-state index in [1.54, 1.807) is 18.2 Å². The van der Waals surface area contributed by atoms with Crippen molar-refractivity contribution in [2.24, 2.45) is 5.92 Å². The van der Waals surface area contributed by atoms with E-state index in [0.717, 1.165) is 4.47 Å². The van der Waals surface area contributed by atoms with Crippen LogP contribution >= 0.6 is 15.9 Å². The molecule has 0 radical (unpaired) electrons. The van der Waals surface area contributed by atoms with Crippen LogP contribution in [0.5, 0.6) is 0 Å². The third-order valence-corrected chi connectivity index (χ3v) is 4.12. The number of carbonyl (C=O) groups excluding carboxylic acids is 2. The number of methoxy groups -OCH3 is 1. The summed E-state index contributed by atoms with van der Waals surface area (Å²) < 4.78 is 6.69. The van der Waals surface area contributed by atoms with Crippen LogP contribution in [0.15, 0.2) is 33.8 Å². The van der Waals surface area contributed by atoms with Crippen LogP contribution in [0.4, 0.5) is 0 Å². The van der Waals surface area contributed by atoms with Gasteiger partial charge in [-0.05, 0) is 30.5 Å². The van der Waals surface area contributed by atoms with Crippen molar-refractivity contribution in [1.82, 2.24) is 14.9 Å². The lowest BCUT2D eigenvalue weighted by atomic mass is 10.0. The summed E-state index contributed by atoms with van der Waals surface area (Å²) in [4.78, 5) is 40.7. The highest BCUT2D eigenvalue weighted by molar-refractivity contribution is 9.10. The van der Waals surface area contributed by atoms with Gasteiger partial charge in [0.05, 0.1) is 24.3 Å². The summed E-state index contributed by atoms with van der Waals surface area (Å²) in [6.45, 7) is 3.66. The Morgan fingerprint density at radius 1 is 1.36 bits per heavy atom. The number of nitrogens with zero attached hydrogens (tertiary/aromatic N) is 2. The van der Waals surface area contributed by atoms with Gasteiger partial charge in [-0.3, -0.25) is 14.2 Å². The maximum atomic E-state index is 12.5. The molecule has 1 N–H and O–H groups in total. The van der Waals surface area contributed by atoms with Crippen molar-refractivity contribution < 1.29 is 14.3 Å². The number of rotatable bonds is 6. The zero-order chi connectivity index (χ0) is 18.6. The van der Waals surface area contributed by atoms with Crippen molar-refractivity contribution >= 4 is 38.7 Å². The first-order chi connectivity index (χ1) is 11.8. The highest BCUT2D eigenvalue weighted by Crippen LogP contribution is 2.14. The Labute approximate surface area is 153 Å². The van der Waals surface area contributed by atoms with Gasteiger partial charge in [0, 0.05) is 4.47 Å². The monoisotopic (exact) mass is 409 g/mol. The first kappa shape index (κ1) is 19.1. The molecule has 0 saturated carbocycles. The zero-order valence-electron chi connectivity index (χ0n) is 14.3. The molecule has 0 saturated heterocycles. The molecule has 0 bridgehead atoms. The minimum atomic E-state index is -0.740. The fourth-order valence-corrected chi connectivity index (χ4v) is 2.83. The van der Waals surface area contributed by atoms with E-state index in [9.17, 15) is 14.4 Å². The maximum Gasteiger partial charge on any atom is 0.328 e. The van der Waals surface area contributed by atoms with Gasteiger partial charge in [0.25, 0.3) is 5.56 Å². The van der Waals surface area contributed by atoms with Crippen molar-refractivity contribution in [3.05, 3.63) is 39.4 Å². The molecule has 0 spiro atoms. The highest BCUT2D eigenvalue weighted by Gasteiger charge is 2.22. The van der Waals surface area contributed by atoms with Crippen LogP contribution < -0.4 is 10.9 Å². The largest absolute Gasteiger partial charge is 0.467 e. The average Bonchev–Trinajstić information content (AvgIpc) is 2.56. The predicted molar refractivity (Wildman–Crippen MR) is 97.1 cm³/mol. The summed E-state index contributed by atoms with van der Waals surface area (Å²) in [5.41, 5.74) is 0.233. The molecule has 0 unspecified atom stereocenters. The Morgan fingerprint density at radius 2 is 2.08 bits per heavy atom. The van der Waals surface area contributed by atoms with Gasteiger partial charge >= 0.3 is 5.97 Å². The molecule has 1 amide bonds. The summed E-state index contributed by atoms with van der Waals surface area (Å²) >= 11 is 3.31. The predicted octanol–water partition coefficient (Wildman–Crippen LogP) is 1.86. The van der Waals surface area contributed by atoms with Crippen molar-refractivity contribution in [1.29, 1.82) is 0 Å². The second kappa shape index (κ2) is 8.24. The second-order valence-corrected chi connectivity index (χ2v) is 7.03. The van der Waals surface area contributed by atoms with Crippen LogP contribution in [0.3, 0.4) is 0 Å². The molecule has 0 aliphatic heterocycles. The molecule has 2 aromatic rings. The molecular weight excluding hydrogens is 390 g/mol. The molecule has 25 heavy (non-hydrogen) atoms. The van der Waals surface area contributed by atoms with E-state index in [-0.39, 0.29) is 18.0 Å². The number of esters is 1. The number of benzene rings is 1. The van der Waals surface area contributed by atoms with Crippen LogP contribution in [0.1, 0.15) is 20.3 Å². The van der Waals surface area contributed by atoms with Crippen molar-refractivity contribution in [2.75, 3.05) is 7.11 Å². The van der Waals surface area contributed by atoms with E-state index in [4.69, 9.17) is 4.74 Å². The van der Waals surface area contributed by atoms with Gasteiger partial charge in [0.2, 0.25) is 5.91 Å². The number of ether oxygens (including phenoxy) is 1. The number of hydrogen-bond acceptors (Lipinski definition) is 5. The van der Waals surface area contributed by atoms with E-state index >= 15 is 0 Å². The van der Waals surface area contributed by atoms with Crippen molar-refractivity contribution in [2.45, 2.75) is 32.9 Å². The summed E-state index contributed by atoms with van der Waals surface area (Å²) in [5.74, 6) is -0.754. The summed E-state index contributed by atoms with van der Waals surface area (Å²) in [6.07, 6.45) is 1.78. The molecule has 8 heteroatoms. The van der Waals surface area contributed by atoms with E-state index in [0.29, 0.717) is 17.3 Å². The lowest BCUT2D eigenvalue weighted by Gasteiger charge is -2.18. The lowest BCUT2D eigenvalue weighted by Crippen LogP contribution is -2.44. The van der Waals surface area contributed by atoms with Crippen LogP contribution in [0.2, 0.25) is 0 Å². The Kier molecular flexibility index (Phi) is 6.30. The Balaban J connectivity index is 2.19. The summed E-state index contributed by atoms with van der Waals surface area (Å²) in [7, 11) is 1.28. The molecule has 1 aromatic heterocycles. The maximum absolute atomic E-state index is 12.5. The third-order valence-electron chi connectivity index (χ3n) is 3.63. The first-order valence-corrected chi connectivity index (χ1v) is 8.63. The van der Waals surface area contributed by atoms with Gasteiger partial charge in [0.15, 0.2) is 0 Å². The minimum absolute atomic E-state index is 0.201. The molecular formula is C17H20BrN3O4.